The molecular formula is C9H15N7O. The van der Waals surface area contributed by atoms with E-state index in [2.05, 4.69) is 25.7 Å². The molecule has 0 aliphatic heterocycles. The zero-order chi connectivity index (χ0) is 12.1. The van der Waals surface area contributed by atoms with E-state index in [0.717, 1.165) is 26.0 Å². The van der Waals surface area contributed by atoms with Crippen LogP contribution in [0.2, 0.25) is 0 Å². The van der Waals surface area contributed by atoms with Crippen molar-refractivity contribution in [3.05, 3.63) is 6.33 Å². The number of nitrogens with two attached hydrogens (primary N) is 1. The van der Waals surface area contributed by atoms with Gasteiger partial charge in [-0.2, -0.15) is 0 Å². The van der Waals surface area contributed by atoms with E-state index < -0.39 is 0 Å². The van der Waals surface area contributed by atoms with Crippen LogP contribution in [-0.4, -0.2) is 38.7 Å². The first kappa shape index (κ1) is 11.7. The number of nitrogen functional groups attached to an aromatic ring is 1. The maximum absolute atomic E-state index is 5.33. The summed E-state index contributed by atoms with van der Waals surface area (Å²) in [6.45, 7) is 1.50. The molecule has 0 saturated carbocycles. The molecule has 2 aromatic rings. The fourth-order valence-corrected chi connectivity index (χ4v) is 1.56. The number of aromatic nitrogens is 5. The van der Waals surface area contributed by atoms with Gasteiger partial charge in [0.25, 0.3) is 0 Å². The van der Waals surface area contributed by atoms with Crippen LogP contribution in [-0.2, 0) is 11.3 Å². The van der Waals surface area contributed by atoms with Gasteiger partial charge in [-0.05, 0) is 12.8 Å². The van der Waals surface area contributed by atoms with Gasteiger partial charge in [0.2, 0.25) is 0 Å². The largest absolute Gasteiger partial charge is 0.385 e. The Balaban J connectivity index is 2.13. The van der Waals surface area contributed by atoms with Crippen LogP contribution in [0.4, 0.5) is 5.82 Å². The summed E-state index contributed by atoms with van der Waals surface area (Å²) in [5.41, 5.74) is 3.74. The molecule has 92 valence electrons. The van der Waals surface area contributed by atoms with Gasteiger partial charge >= 0.3 is 0 Å². The van der Waals surface area contributed by atoms with Crippen molar-refractivity contribution in [3.63, 3.8) is 0 Å². The van der Waals surface area contributed by atoms with E-state index >= 15 is 0 Å². The summed E-state index contributed by atoms with van der Waals surface area (Å²) < 4.78 is 6.73. The molecule has 8 heteroatoms. The molecule has 0 fully saturated rings. The van der Waals surface area contributed by atoms with Crippen LogP contribution in [0.25, 0.3) is 11.2 Å². The molecular weight excluding hydrogens is 222 g/mol. The summed E-state index contributed by atoms with van der Waals surface area (Å²) in [6.07, 6.45) is 3.37. The normalized spacial score (nSPS) is 10.9. The Bertz CT molecular complexity index is 483. The first-order chi connectivity index (χ1) is 8.36. The first-order valence-corrected chi connectivity index (χ1v) is 5.36. The molecule has 2 heterocycles. The molecule has 3 N–H and O–H groups in total. The second-order valence-corrected chi connectivity index (χ2v) is 3.55. The Kier molecular flexibility index (Phi) is 3.78. The lowest BCUT2D eigenvalue weighted by molar-refractivity contribution is 0.191. The predicted molar refractivity (Wildman–Crippen MR) is 62.0 cm³/mol. The van der Waals surface area contributed by atoms with Crippen LogP contribution in [0.1, 0.15) is 12.8 Å². The SMILES string of the molecule is COCCCCn1nnc2c(NN)ncnc21. The summed E-state index contributed by atoms with van der Waals surface area (Å²) in [6, 6.07) is 0. The minimum absolute atomic E-state index is 0.484. The molecule has 17 heavy (non-hydrogen) atoms. The topological polar surface area (TPSA) is 104 Å². The Morgan fingerprint density at radius 1 is 1.41 bits per heavy atom. The van der Waals surface area contributed by atoms with Crippen LogP contribution in [0.15, 0.2) is 6.33 Å². The Hall–Kier alpha value is -1.80. The Morgan fingerprint density at radius 2 is 2.29 bits per heavy atom. The van der Waals surface area contributed by atoms with Gasteiger partial charge in [0.15, 0.2) is 17.0 Å². The van der Waals surface area contributed by atoms with Gasteiger partial charge in [0, 0.05) is 20.3 Å². The van der Waals surface area contributed by atoms with E-state index in [-0.39, 0.29) is 0 Å². The third kappa shape index (κ3) is 2.48. The van der Waals surface area contributed by atoms with E-state index in [1.54, 1.807) is 11.8 Å². The van der Waals surface area contributed by atoms with Crippen molar-refractivity contribution >= 4 is 17.0 Å². The van der Waals surface area contributed by atoms with Gasteiger partial charge in [-0.1, -0.05) is 5.21 Å². The number of nitrogens with one attached hydrogen (secondary N) is 1. The van der Waals surface area contributed by atoms with Crippen molar-refractivity contribution in [2.24, 2.45) is 5.84 Å². The maximum Gasteiger partial charge on any atom is 0.183 e. The lowest BCUT2D eigenvalue weighted by atomic mass is 10.3. The molecule has 0 spiro atoms. The molecule has 0 aliphatic carbocycles. The number of hydrazine groups is 1. The molecule has 0 radical (unpaired) electrons. The van der Waals surface area contributed by atoms with Gasteiger partial charge in [-0.15, -0.1) is 5.10 Å². The molecule has 0 aromatic carbocycles. The number of hydrogen-bond acceptors (Lipinski definition) is 7. The monoisotopic (exact) mass is 237 g/mol. The second kappa shape index (κ2) is 5.51. The number of methoxy groups -OCH3 is 1. The number of anilines is 1. The summed E-state index contributed by atoms with van der Waals surface area (Å²) in [5, 5.41) is 8.03. The third-order valence-electron chi connectivity index (χ3n) is 2.41. The van der Waals surface area contributed by atoms with E-state index in [9.17, 15) is 0 Å². The Morgan fingerprint density at radius 3 is 3.06 bits per heavy atom. The zero-order valence-electron chi connectivity index (χ0n) is 9.63. The van der Waals surface area contributed by atoms with Crippen LogP contribution < -0.4 is 11.3 Å². The number of rotatable bonds is 6. The van der Waals surface area contributed by atoms with Crippen molar-refractivity contribution in [2.75, 3.05) is 19.1 Å². The highest BCUT2D eigenvalue weighted by atomic mass is 16.5. The van der Waals surface area contributed by atoms with Crippen molar-refractivity contribution in [1.29, 1.82) is 0 Å². The van der Waals surface area contributed by atoms with E-state index in [1.807, 2.05) is 0 Å². The lowest BCUT2D eigenvalue weighted by Crippen LogP contribution is -2.09. The van der Waals surface area contributed by atoms with Gasteiger partial charge in [0.1, 0.15) is 6.33 Å². The number of aryl methyl sites for hydroxylation is 1. The minimum Gasteiger partial charge on any atom is -0.385 e. The molecule has 0 saturated heterocycles. The summed E-state index contributed by atoms with van der Waals surface area (Å²) in [5.74, 6) is 5.82. The minimum atomic E-state index is 0.484. The summed E-state index contributed by atoms with van der Waals surface area (Å²) in [4.78, 5) is 8.11. The average molecular weight is 237 g/mol. The molecule has 0 amide bonds. The molecule has 0 unspecified atom stereocenters. The number of unbranched alkanes of at least 4 members (excludes halogenated alkanes) is 1. The van der Waals surface area contributed by atoms with Gasteiger partial charge in [-0.3, -0.25) is 0 Å². The number of nitrogens with zero attached hydrogens (tertiary/aromatic N) is 5. The lowest BCUT2D eigenvalue weighted by Gasteiger charge is -2.02. The molecule has 8 nitrogen and oxygen atoms in total. The van der Waals surface area contributed by atoms with E-state index in [4.69, 9.17) is 10.6 Å². The molecule has 2 aromatic heterocycles. The predicted octanol–water partition coefficient (Wildman–Crippen LogP) is -0.0665. The van der Waals surface area contributed by atoms with Crippen molar-refractivity contribution in [1.82, 2.24) is 25.0 Å². The number of ether oxygens (including phenoxy) is 1. The molecule has 0 atom stereocenters. The molecule has 0 bridgehead atoms. The van der Waals surface area contributed by atoms with Crippen LogP contribution in [0.3, 0.4) is 0 Å². The van der Waals surface area contributed by atoms with Crippen LogP contribution >= 0.6 is 0 Å². The summed E-state index contributed by atoms with van der Waals surface area (Å²) in [7, 11) is 1.69. The third-order valence-corrected chi connectivity index (χ3v) is 2.41. The van der Waals surface area contributed by atoms with Gasteiger partial charge in [0.05, 0.1) is 0 Å². The van der Waals surface area contributed by atoms with Gasteiger partial charge in [-0.25, -0.2) is 20.5 Å². The zero-order valence-corrected chi connectivity index (χ0v) is 9.63. The van der Waals surface area contributed by atoms with Gasteiger partial charge < -0.3 is 10.2 Å². The van der Waals surface area contributed by atoms with Crippen molar-refractivity contribution < 1.29 is 4.74 Å². The highest BCUT2D eigenvalue weighted by Gasteiger charge is 2.10. The summed E-state index contributed by atoms with van der Waals surface area (Å²) >= 11 is 0. The Labute approximate surface area is 98.1 Å². The van der Waals surface area contributed by atoms with Crippen molar-refractivity contribution in [2.45, 2.75) is 19.4 Å². The van der Waals surface area contributed by atoms with Crippen LogP contribution in [0, 0.1) is 0 Å². The molecule has 2 rings (SSSR count). The standard InChI is InChI=1S/C9H15N7O/c1-17-5-3-2-4-16-9-7(14-15-16)8(13-10)11-6-12-9/h6H,2-5,10H2,1H3,(H,11,12,13). The fraction of sp³-hybridized carbons (Fsp3) is 0.556. The fourth-order valence-electron chi connectivity index (χ4n) is 1.56. The number of fused-ring (bicyclic) bond motifs is 1. The maximum atomic E-state index is 5.33. The first-order valence-electron chi connectivity index (χ1n) is 5.36. The number of hydrogen-bond donors (Lipinski definition) is 2. The smallest absolute Gasteiger partial charge is 0.183 e. The highest BCUT2D eigenvalue weighted by Crippen LogP contribution is 2.14. The van der Waals surface area contributed by atoms with Crippen LogP contribution in [0.5, 0.6) is 0 Å². The van der Waals surface area contributed by atoms with Crippen molar-refractivity contribution in [3.8, 4) is 0 Å². The average Bonchev–Trinajstić information content (AvgIpc) is 2.78. The van der Waals surface area contributed by atoms with E-state index in [0.29, 0.717) is 17.0 Å². The van der Waals surface area contributed by atoms with E-state index in [1.165, 1.54) is 6.33 Å². The highest BCUT2D eigenvalue weighted by molar-refractivity contribution is 5.81. The quantitative estimate of drug-likeness (QED) is 0.412. The molecule has 0 aliphatic rings. The second-order valence-electron chi connectivity index (χ2n) is 3.55.